The maximum Gasteiger partial charge on any atom is 0.143 e. The summed E-state index contributed by atoms with van der Waals surface area (Å²) in [4.78, 5) is 8.98. The van der Waals surface area contributed by atoms with Gasteiger partial charge in [0.05, 0.1) is 5.70 Å². The molecule has 1 unspecified atom stereocenters. The lowest BCUT2D eigenvalue weighted by Crippen LogP contribution is -2.49. The number of hydrogen-bond donors (Lipinski definition) is 3. The molecule has 0 saturated heterocycles. The van der Waals surface area contributed by atoms with Crippen LogP contribution in [0.15, 0.2) is 77.1 Å². The quantitative estimate of drug-likeness (QED) is 0.128. The van der Waals surface area contributed by atoms with Crippen molar-refractivity contribution in [3.05, 3.63) is 101 Å². The highest BCUT2D eigenvalue weighted by Crippen LogP contribution is 2.59. The predicted octanol–water partition coefficient (Wildman–Crippen LogP) is 8.05. The fraction of sp³-hybridized carbons (Fsp3) is 0.333. The Morgan fingerprint density at radius 2 is 1.59 bits per heavy atom. The van der Waals surface area contributed by atoms with E-state index in [1.54, 1.807) is 11.8 Å². The SMILES string of the molecule is C=C1c2ccccc2C2(c3ccc(N)c(S)c3Cc3c2ccc(N)c3SC)N1OC(C)(C)C(=C)CC(C)(C)C. The van der Waals surface area contributed by atoms with Crippen LogP contribution in [0.5, 0.6) is 0 Å². The van der Waals surface area contributed by atoms with E-state index in [1.807, 2.05) is 17.2 Å². The molecule has 1 spiro atoms. The summed E-state index contributed by atoms with van der Waals surface area (Å²) in [5.74, 6) is 0. The first-order chi connectivity index (χ1) is 18.2. The topological polar surface area (TPSA) is 64.5 Å². The molecule has 3 aromatic carbocycles. The summed E-state index contributed by atoms with van der Waals surface area (Å²) in [5, 5.41) is 2.03. The molecule has 1 heterocycles. The second-order valence-corrected chi connectivity index (χ2v) is 13.6. The summed E-state index contributed by atoms with van der Waals surface area (Å²) in [6, 6.07) is 16.7. The first kappa shape index (κ1) is 27.8. The van der Waals surface area contributed by atoms with E-state index in [9.17, 15) is 0 Å². The number of rotatable bonds is 5. The van der Waals surface area contributed by atoms with E-state index < -0.39 is 11.1 Å². The molecule has 204 valence electrons. The number of nitrogens with two attached hydrogens (primary N) is 2. The van der Waals surface area contributed by atoms with Crippen LogP contribution in [0.2, 0.25) is 0 Å². The molecule has 0 bridgehead atoms. The monoisotopic (exact) mass is 557 g/mol. The number of anilines is 2. The van der Waals surface area contributed by atoms with Gasteiger partial charge in [0.2, 0.25) is 0 Å². The number of thiol groups is 1. The Morgan fingerprint density at radius 1 is 0.974 bits per heavy atom. The second kappa shape index (κ2) is 9.39. The van der Waals surface area contributed by atoms with Crippen LogP contribution in [-0.4, -0.2) is 16.9 Å². The van der Waals surface area contributed by atoms with Gasteiger partial charge in [0.15, 0.2) is 0 Å². The Morgan fingerprint density at radius 3 is 2.23 bits per heavy atom. The Bertz CT molecular complexity index is 1520. The number of hydroxylamine groups is 2. The minimum Gasteiger partial charge on any atom is -0.398 e. The van der Waals surface area contributed by atoms with Crippen molar-refractivity contribution in [3.63, 3.8) is 0 Å². The molecule has 2 aliphatic rings. The maximum absolute atomic E-state index is 7.12. The largest absolute Gasteiger partial charge is 0.398 e. The normalized spacial score (nSPS) is 18.2. The van der Waals surface area contributed by atoms with Crippen molar-refractivity contribution in [1.82, 2.24) is 5.06 Å². The summed E-state index contributed by atoms with van der Waals surface area (Å²) in [6.07, 6.45) is 3.59. The molecule has 0 radical (unpaired) electrons. The van der Waals surface area contributed by atoms with Gasteiger partial charge < -0.3 is 11.5 Å². The Kier molecular flexibility index (Phi) is 6.69. The summed E-state index contributed by atoms with van der Waals surface area (Å²) < 4.78 is 0. The molecule has 1 aliphatic carbocycles. The zero-order chi connectivity index (χ0) is 28.5. The molecule has 0 amide bonds. The molecule has 1 atom stereocenters. The molecule has 3 aromatic rings. The van der Waals surface area contributed by atoms with Crippen LogP contribution < -0.4 is 11.5 Å². The zero-order valence-electron chi connectivity index (χ0n) is 23.8. The van der Waals surface area contributed by atoms with Crippen LogP contribution >= 0.6 is 24.4 Å². The number of fused-ring (bicyclic) bond motifs is 6. The zero-order valence-corrected chi connectivity index (χ0v) is 25.5. The number of benzene rings is 3. The van der Waals surface area contributed by atoms with Gasteiger partial charge in [0, 0.05) is 33.2 Å². The molecule has 5 rings (SSSR count). The van der Waals surface area contributed by atoms with Crippen molar-refractivity contribution in [2.75, 3.05) is 17.7 Å². The molecule has 0 fully saturated rings. The van der Waals surface area contributed by atoms with E-state index in [2.05, 4.69) is 90.4 Å². The van der Waals surface area contributed by atoms with Gasteiger partial charge in [-0.3, -0.25) is 4.84 Å². The van der Waals surface area contributed by atoms with E-state index in [0.717, 1.165) is 61.0 Å². The number of nitrogens with zero attached hydrogens (tertiary/aromatic N) is 1. The van der Waals surface area contributed by atoms with Crippen molar-refractivity contribution in [2.45, 2.75) is 68.4 Å². The van der Waals surface area contributed by atoms with Crippen molar-refractivity contribution in [3.8, 4) is 0 Å². The molecule has 0 saturated carbocycles. The van der Waals surface area contributed by atoms with Crippen molar-refractivity contribution in [1.29, 1.82) is 0 Å². The smallest absolute Gasteiger partial charge is 0.143 e. The van der Waals surface area contributed by atoms with Crippen molar-refractivity contribution in [2.24, 2.45) is 5.41 Å². The van der Waals surface area contributed by atoms with E-state index >= 15 is 0 Å². The van der Waals surface area contributed by atoms with E-state index in [1.165, 1.54) is 5.56 Å². The van der Waals surface area contributed by atoms with Crippen LogP contribution in [0.25, 0.3) is 5.70 Å². The average Bonchev–Trinajstić information content (AvgIpc) is 3.09. The fourth-order valence-electron chi connectivity index (χ4n) is 6.15. The van der Waals surface area contributed by atoms with Gasteiger partial charge in [-0.15, -0.1) is 24.4 Å². The second-order valence-electron chi connectivity index (χ2n) is 12.4. The summed E-state index contributed by atoms with van der Waals surface area (Å²) in [7, 11) is 0. The van der Waals surface area contributed by atoms with Gasteiger partial charge in [-0.2, -0.15) is 0 Å². The standard InChI is InChI=1S/C33H39N3OS2/c1-19(18-31(3,4)5)32(6,7)37-36-20(2)21-11-9-10-12-24(21)33(36)25-13-15-27(34)29(38)22(25)17-23-26(33)14-16-28(35)30(23)39-8/h9-16,38H,1-2,17-18,34-35H2,3-8H3. The van der Waals surface area contributed by atoms with E-state index in [0.29, 0.717) is 12.1 Å². The molecular formula is C33H39N3OS2. The van der Waals surface area contributed by atoms with E-state index in [-0.39, 0.29) is 5.41 Å². The molecule has 4 nitrogen and oxygen atoms in total. The molecule has 1 aliphatic heterocycles. The van der Waals surface area contributed by atoms with Gasteiger partial charge >= 0.3 is 0 Å². The predicted molar refractivity (Wildman–Crippen MR) is 169 cm³/mol. The lowest BCUT2D eigenvalue weighted by Gasteiger charge is -2.48. The third-order valence-corrected chi connectivity index (χ3v) is 9.45. The van der Waals surface area contributed by atoms with Crippen LogP contribution in [0, 0.1) is 5.41 Å². The van der Waals surface area contributed by atoms with Crippen LogP contribution in [0.1, 0.15) is 74.4 Å². The summed E-state index contributed by atoms with van der Waals surface area (Å²) in [5.41, 5.74) is 21.5. The Hall–Kier alpha value is -2.80. The van der Waals surface area contributed by atoms with Crippen LogP contribution in [0.4, 0.5) is 11.4 Å². The molecular weight excluding hydrogens is 519 g/mol. The van der Waals surface area contributed by atoms with Crippen molar-refractivity contribution < 1.29 is 4.84 Å². The van der Waals surface area contributed by atoms with Crippen LogP contribution in [-0.2, 0) is 16.8 Å². The third kappa shape index (κ3) is 4.19. The lowest BCUT2D eigenvalue weighted by molar-refractivity contribution is -0.215. The molecule has 6 heteroatoms. The molecule has 4 N–H and O–H groups in total. The van der Waals surface area contributed by atoms with E-state index in [4.69, 9.17) is 28.9 Å². The van der Waals surface area contributed by atoms with Crippen LogP contribution in [0.3, 0.4) is 0 Å². The Balaban J connectivity index is 1.85. The fourth-order valence-corrected chi connectivity index (χ4v) is 7.15. The number of hydrogen-bond acceptors (Lipinski definition) is 6. The minimum atomic E-state index is -0.806. The average molecular weight is 558 g/mol. The minimum absolute atomic E-state index is 0.0770. The van der Waals surface area contributed by atoms with Gasteiger partial charge in [0.25, 0.3) is 0 Å². The summed E-state index contributed by atoms with van der Waals surface area (Å²) in [6.45, 7) is 19.9. The highest BCUT2D eigenvalue weighted by molar-refractivity contribution is 7.98. The maximum atomic E-state index is 7.12. The first-order valence-electron chi connectivity index (χ1n) is 13.3. The van der Waals surface area contributed by atoms with Gasteiger partial charge in [-0.25, -0.2) is 5.06 Å². The number of nitrogen functional groups attached to an aromatic ring is 2. The highest BCUT2D eigenvalue weighted by atomic mass is 32.2. The first-order valence-corrected chi connectivity index (χ1v) is 14.9. The van der Waals surface area contributed by atoms with Crippen molar-refractivity contribution >= 4 is 41.5 Å². The third-order valence-electron chi connectivity index (χ3n) is 8.03. The lowest BCUT2D eigenvalue weighted by atomic mass is 9.69. The van der Waals surface area contributed by atoms with Gasteiger partial charge in [-0.05, 0) is 77.5 Å². The van der Waals surface area contributed by atoms with Gasteiger partial charge in [-0.1, -0.05) is 70.3 Å². The highest BCUT2D eigenvalue weighted by Gasteiger charge is 2.56. The Labute approximate surface area is 242 Å². The summed E-state index contributed by atoms with van der Waals surface area (Å²) >= 11 is 6.60. The molecule has 39 heavy (non-hydrogen) atoms. The number of thioether (sulfide) groups is 1. The van der Waals surface area contributed by atoms with Gasteiger partial charge in [0.1, 0.15) is 11.1 Å². The molecule has 0 aromatic heterocycles.